The van der Waals surface area contributed by atoms with Gasteiger partial charge in [-0.1, -0.05) is 12.1 Å². The standard InChI is InChI=1S/C15H16F3N5O3/c1-9(8-24)20-14-21-12(15(16,17)18)6-13(22-14)19-7-10-2-4-11(5-3-10)23(25)26/h2-6,9,24H,7-8H2,1H3,(H2,19,20,21,22)/t9-/m0/s1. The van der Waals surface area contributed by atoms with Crippen molar-refractivity contribution < 1.29 is 23.2 Å². The van der Waals surface area contributed by atoms with Gasteiger partial charge in [0.25, 0.3) is 5.69 Å². The van der Waals surface area contributed by atoms with E-state index >= 15 is 0 Å². The van der Waals surface area contributed by atoms with Crippen molar-refractivity contribution >= 4 is 17.5 Å². The van der Waals surface area contributed by atoms with Crippen LogP contribution in [-0.4, -0.2) is 32.6 Å². The number of non-ortho nitro benzene ring substituents is 1. The van der Waals surface area contributed by atoms with Crippen LogP contribution >= 0.6 is 0 Å². The third-order valence-electron chi connectivity index (χ3n) is 3.29. The lowest BCUT2D eigenvalue weighted by Gasteiger charge is -2.15. The number of hydrogen-bond acceptors (Lipinski definition) is 7. The highest BCUT2D eigenvalue weighted by molar-refractivity contribution is 5.44. The number of alkyl halides is 3. The van der Waals surface area contributed by atoms with Crippen molar-refractivity contribution in [1.29, 1.82) is 0 Å². The Balaban J connectivity index is 2.18. The molecule has 0 bridgehead atoms. The van der Waals surface area contributed by atoms with Gasteiger partial charge in [0.15, 0.2) is 5.69 Å². The highest BCUT2D eigenvalue weighted by Crippen LogP contribution is 2.30. The van der Waals surface area contributed by atoms with Crippen molar-refractivity contribution in [1.82, 2.24) is 9.97 Å². The number of rotatable bonds is 7. The molecule has 1 aromatic heterocycles. The number of aliphatic hydroxyl groups excluding tert-OH is 1. The van der Waals surface area contributed by atoms with Gasteiger partial charge >= 0.3 is 6.18 Å². The molecule has 1 atom stereocenters. The Hall–Kier alpha value is -2.95. The second-order valence-corrected chi connectivity index (χ2v) is 5.46. The molecule has 1 heterocycles. The first-order valence-electron chi connectivity index (χ1n) is 7.50. The van der Waals surface area contributed by atoms with Gasteiger partial charge in [-0.25, -0.2) is 4.98 Å². The van der Waals surface area contributed by atoms with E-state index in [4.69, 9.17) is 5.11 Å². The fourth-order valence-corrected chi connectivity index (χ4v) is 1.94. The molecule has 0 amide bonds. The first kappa shape index (κ1) is 19.4. The Morgan fingerprint density at radius 1 is 1.27 bits per heavy atom. The van der Waals surface area contributed by atoms with Crippen LogP contribution in [0.3, 0.4) is 0 Å². The summed E-state index contributed by atoms with van der Waals surface area (Å²) >= 11 is 0. The fraction of sp³-hybridized carbons (Fsp3) is 0.333. The third kappa shape index (κ3) is 5.28. The topological polar surface area (TPSA) is 113 Å². The number of hydrogen-bond donors (Lipinski definition) is 3. The van der Waals surface area contributed by atoms with Gasteiger partial charge in [-0.3, -0.25) is 10.1 Å². The molecule has 0 saturated heterocycles. The molecule has 0 saturated carbocycles. The van der Waals surface area contributed by atoms with E-state index in [-0.39, 0.29) is 30.6 Å². The van der Waals surface area contributed by atoms with Crippen molar-refractivity contribution in [2.45, 2.75) is 25.7 Å². The molecule has 0 spiro atoms. The van der Waals surface area contributed by atoms with Crippen LogP contribution in [0.25, 0.3) is 0 Å². The summed E-state index contributed by atoms with van der Waals surface area (Å²) in [7, 11) is 0. The number of aliphatic hydroxyl groups is 1. The van der Waals surface area contributed by atoms with Crippen LogP contribution in [0.2, 0.25) is 0 Å². The van der Waals surface area contributed by atoms with Gasteiger partial charge < -0.3 is 15.7 Å². The lowest BCUT2D eigenvalue weighted by atomic mass is 10.2. The molecule has 2 aromatic rings. The molecule has 140 valence electrons. The first-order chi connectivity index (χ1) is 12.2. The summed E-state index contributed by atoms with van der Waals surface area (Å²) in [5, 5.41) is 24.9. The monoisotopic (exact) mass is 371 g/mol. The molecule has 2 rings (SSSR count). The van der Waals surface area contributed by atoms with E-state index in [1.807, 2.05) is 0 Å². The van der Waals surface area contributed by atoms with E-state index < -0.39 is 22.8 Å². The second-order valence-electron chi connectivity index (χ2n) is 5.46. The van der Waals surface area contributed by atoms with E-state index in [0.717, 1.165) is 6.07 Å². The SMILES string of the molecule is C[C@@H](CO)Nc1nc(NCc2ccc([N+](=O)[O-])cc2)cc(C(F)(F)F)n1. The molecule has 0 fully saturated rings. The van der Waals surface area contributed by atoms with E-state index in [1.165, 1.54) is 24.3 Å². The molecule has 0 radical (unpaired) electrons. The number of nitro groups is 1. The molecule has 8 nitrogen and oxygen atoms in total. The van der Waals surface area contributed by atoms with Crippen LogP contribution in [0.1, 0.15) is 18.2 Å². The Morgan fingerprint density at radius 2 is 1.92 bits per heavy atom. The summed E-state index contributed by atoms with van der Waals surface area (Å²) in [6, 6.07) is 5.82. The minimum atomic E-state index is -4.66. The number of aromatic nitrogens is 2. The predicted molar refractivity (Wildman–Crippen MR) is 87.6 cm³/mol. The summed E-state index contributed by atoms with van der Waals surface area (Å²) in [6.45, 7) is 1.38. The summed E-state index contributed by atoms with van der Waals surface area (Å²) < 4.78 is 39.0. The maximum absolute atomic E-state index is 13.0. The number of anilines is 2. The Kier molecular flexibility index (Phi) is 5.93. The molecule has 0 aliphatic rings. The van der Waals surface area contributed by atoms with E-state index in [0.29, 0.717) is 5.56 Å². The average molecular weight is 371 g/mol. The van der Waals surface area contributed by atoms with Gasteiger partial charge in [-0.05, 0) is 12.5 Å². The zero-order valence-electron chi connectivity index (χ0n) is 13.6. The molecule has 0 aliphatic carbocycles. The Labute approximate surface area is 146 Å². The molecule has 0 aliphatic heterocycles. The molecule has 11 heteroatoms. The lowest BCUT2D eigenvalue weighted by molar-refractivity contribution is -0.384. The van der Waals surface area contributed by atoms with Gasteiger partial charge in [0.1, 0.15) is 5.82 Å². The maximum Gasteiger partial charge on any atom is 0.433 e. The summed E-state index contributed by atoms with van der Waals surface area (Å²) in [5.74, 6) is -0.342. The molecule has 26 heavy (non-hydrogen) atoms. The predicted octanol–water partition coefficient (Wildman–Crippen LogP) is 2.81. The average Bonchev–Trinajstić information content (AvgIpc) is 2.59. The zero-order valence-corrected chi connectivity index (χ0v) is 13.6. The fourth-order valence-electron chi connectivity index (χ4n) is 1.94. The normalized spacial score (nSPS) is 12.5. The van der Waals surface area contributed by atoms with Crippen LogP contribution < -0.4 is 10.6 Å². The number of nitrogens with one attached hydrogen (secondary N) is 2. The third-order valence-corrected chi connectivity index (χ3v) is 3.29. The van der Waals surface area contributed by atoms with Gasteiger partial charge in [-0.15, -0.1) is 0 Å². The molecular weight excluding hydrogens is 355 g/mol. The minimum absolute atomic E-state index is 0.0710. The van der Waals surface area contributed by atoms with Crippen molar-refractivity contribution in [2.24, 2.45) is 0 Å². The summed E-state index contributed by atoms with van der Waals surface area (Å²) in [4.78, 5) is 17.4. The highest BCUT2D eigenvalue weighted by Gasteiger charge is 2.33. The maximum atomic E-state index is 13.0. The smallest absolute Gasteiger partial charge is 0.394 e. The Morgan fingerprint density at radius 3 is 2.46 bits per heavy atom. The van der Waals surface area contributed by atoms with Crippen LogP contribution in [0, 0.1) is 10.1 Å². The lowest BCUT2D eigenvalue weighted by Crippen LogP contribution is -2.22. The molecular formula is C15H16F3N5O3. The highest BCUT2D eigenvalue weighted by atomic mass is 19.4. The number of halogens is 3. The minimum Gasteiger partial charge on any atom is -0.394 e. The summed E-state index contributed by atoms with van der Waals surface area (Å²) in [6.07, 6.45) is -4.66. The number of benzene rings is 1. The van der Waals surface area contributed by atoms with Crippen molar-refractivity contribution in [3.05, 3.63) is 51.7 Å². The molecule has 3 N–H and O–H groups in total. The Bertz CT molecular complexity index is 768. The quantitative estimate of drug-likeness (QED) is 0.507. The largest absolute Gasteiger partial charge is 0.433 e. The van der Waals surface area contributed by atoms with Crippen LogP contribution in [0.5, 0.6) is 0 Å². The van der Waals surface area contributed by atoms with E-state index in [9.17, 15) is 23.3 Å². The van der Waals surface area contributed by atoms with Gasteiger partial charge in [-0.2, -0.15) is 18.2 Å². The zero-order chi connectivity index (χ0) is 19.3. The number of nitro benzene ring substituents is 1. The van der Waals surface area contributed by atoms with Crippen LogP contribution in [0.4, 0.5) is 30.6 Å². The molecule has 1 aromatic carbocycles. The van der Waals surface area contributed by atoms with Gasteiger partial charge in [0.2, 0.25) is 5.95 Å². The molecule has 0 unspecified atom stereocenters. The second kappa shape index (κ2) is 7.95. The van der Waals surface area contributed by atoms with E-state index in [1.54, 1.807) is 6.92 Å². The summed E-state index contributed by atoms with van der Waals surface area (Å²) in [5.41, 5.74) is -0.591. The number of nitrogens with zero attached hydrogens (tertiary/aromatic N) is 3. The van der Waals surface area contributed by atoms with Crippen molar-refractivity contribution in [3.63, 3.8) is 0 Å². The van der Waals surface area contributed by atoms with Crippen molar-refractivity contribution in [3.8, 4) is 0 Å². The van der Waals surface area contributed by atoms with E-state index in [2.05, 4.69) is 20.6 Å². The van der Waals surface area contributed by atoms with Crippen LogP contribution in [-0.2, 0) is 12.7 Å². The van der Waals surface area contributed by atoms with Crippen molar-refractivity contribution in [2.75, 3.05) is 17.2 Å². The van der Waals surface area contributed by atoms with Gasteiger partial charge in [0, 0.05) is 30.8 Å². The first-order valence-corrected chi connectivity index (χ1v) is 7.50. The van der Waals surface area contributed by atoms with Crippen LogP contribution in [0.15, 0.2) is 30.3 Å². The van der Waals surface area contributed by atoms with Gasteiger partial charge in [0.05, 0.1) is 11.5 Å².